The number of aromatic hydroxyl groups is 1. The van der Waals surface area contributed by atoms with Gasteiger partial charge in [0.1, 0.15) is 5.75 Å². The van der Waals surface area contributed by atoms with Crippen LogP contribution < -0.4 is 0 Å². The summed E-state index contributed by atoms with van der Waals surface area (Å²) in [5.74, 6) is 0.248. The lowest BCUT2D eigenvalue weighted by molar-refractivity contribution is 0.468. The van der Waals surface area contributed by atoms with E-state index in [1.165, 1.54) is 32.9 Å². The third kappa shape index (κ3) is 8.46. The quantitative estimate of drug-likeness (QED) is 0.181. The average Bonchev–Trinajstić information content (AvgIpc) is 3.62. The maximum absolute atomic E-state index is 12.1. The highest BCUT2D eigenvalue weighted by Gasteiger charge is 2.28. The van der Waals surface area contributed by atoms with E-state index in [4.69, 9.17) is 9.97 Å². The van der Waals surface area contributed by atoms with E-state index in [2.05, 4.69) is 233 Å². The van der Waals surface area contributed by atoms with Gasteiger partial charge in [-0.2, -0.15) is 0 Å². The lowest BCUT2D eigenvalue weighted by atomic mass is 9.77. The van der Waals surface area contributed by atoms with Gasteiger partial charge in [0, 0.05) is 44.9 Å². The molecule has 6 aromatic carbocycles. The molecule has 66 heavy (non-hydrogen) atoms. The Morgan fingerprint density at radius 2 is 0.985 bits per heavy atom. The number of para-hydroxylation sites is 3. The first-order chi connectivity index (χ1) is 31.1. The van der Waals surface area contributed by atoms with Crippen molar-refractivity contribution in [3.8, 4) is 67.5 Å². The van der Waals surface area contributed by atoms with Gasteiger partial charge < -0.3 is 9.67 Å². The number of hydrogen-bond donors (Lipinski definition) is 1. The van der Waals surface area contributed by atoms with Gasteiger partial charge in [0.05, 0.1) is 28.1 Å². The highest BCUT2D eigenvalue weighted by atomic mass is 16.3. The fourth-order valence-corrected chi connectivity index (χ4v) is 9.24. The molecule has 0 amide bonds. The molecule has 0 radical (unpaired) electrons. The first-order valence-corrected chi connectivity index (χ1v) is 23.4. The molecule has 0 atom stereocenters. The average molecular weight is 866 g/mol. The lowest BCUT2D eigenvalue weighted by Crippen LogP contribution is -2.18. The molecule has 0 spiro atoms. The number of aromatic nitrogens is 3. The van der Waals surface area contributed by atoms with Crippen LogP contribution in [0.1, 0.15) is 105 Å². The molecule has 0 aliphatic heterocycles. The molecule has 4 nitrogen and oxygen atoms in total. The Labute approximate surface area is 392 Å². The second kappa shape index (κ2) is 16.3. The number of nitrogens with zero attached hydrogens (tertiary/aromatic N) is 3. The summed E-state index contributed by atoms with van der Waals surface area (Å²) in [7, 11) is 0. The van der Waals surface area contributed by atoms with Crippen LogP contribution in [0.15, 0.2) is 158 Å². The molecule has 0 saturated heterocycles. The van der Waals surface area contributed by atoms with Crippen LogP contribution in [0.5, 0.6) is 5.75 Å². The molecule has 3 aromatic heterocycles. The SMILES string of the molecule is CC(C)(C)c1cc(-c2cc(-c3cccc(-c4cc(-c5cccc6c7ccccc7n(-c7ccccc7)c56)ccn4)c3)nc(-c3c(O)cc(C(C)(C)C)cc3C(C)(C)C)c2)cc(C(C)(C)C)c1. The number of phenolic OH excluding ortho intramolecular Hbond substituents is 1. The number of pyridine rings is 2. The first kappa shape index (κ1) is 44.4. The number of benzene rings is 6. The maximum atomic E-state index is 12.1. The van der Waals surface area contributed by atoms with E-state index in [1.54, 1.807) is 0 Å². The number of hydrogen-bond acceptors (Lipinski definition) is 3. The molecule has 3 heterocycles. The Hall–Kier alpha value is -6.78. The molecule has 9 rings (SSSR count). The van der Waals surface area contributed by atoms with Gasteiger partial charge in [-0.25, -0.2) is 4.98 Å². The predicted molar refractivity (Wildman–Crippen MR) is 280 cm³/mol. The van der Waals surface area contributed by atoms with E-state index in [1.807, 2.05) is 12.3 Å². The van der Waals surface area contributed by atoms with Gasteiger partial charge in [-0.05, 0) is 115 Å². The zero-order valence-corrected chi connectivity index (χ0v) is 40.8. The summed E-state index contributed by atoms with van der Waals surface area (Å²) in [5.41, 5.74) is 17.3. The zero-order chi connectivity index (χ0) is 46.9. The summed E-state index contributed by atoms with van der Waals surface area (Å²) in [6.07, 6.45) is 1.93. The lowest BCUT2D eigenvalue weighted by Gasteiger charge is -2.29. The standard InChI is InChI=1S/C62H63N3O/c1-59(2,3)44-31-42(32-45(36-44)60(4,5)6)43-34-53(64-54(35-43)57-51(62(10,11)12)37-46(38-56(57)66)61(7,8)9)41-21-18-20-40(30-41)52-33-39(28-29-63-52)48-25-19-26-50-49-24-16-17-27-55(49)65(58(48)50)47-22-14-13-15-23-47/h13-38,66H,1-12H3. The second-order valence-electron chi connectivity index (χ2n) is 22.2. The number of fused-ring (bicyclic) bond motifs is 3. The van der Waals surface area contributed by atoms with E-state index in [0.29, 0.717) is 0 Å². The van der Waals surface area contributed by atoms with Gasteiger partial charge >= 0.3 is 0 Å². The minimum absolute atomic E-state index is 0.0608. The molecular weight excluding hydrogens is 803 g/mol. The third-order valence-electron chi connectivity index (χ3n) is 13.1. The summed E-state index contributed by atoms with van der Waals surface area (Å²) in [4.78, 5) is 10.5. The van der Waals surface area contributed by atoms with Crippen LogP contribution >= 0.6 is 0 Å². The molecule has 4 heteroatoms. The highest BCUT2D eigenvalue weighted by Crippen LogP contribution is 2.45. The Bertz CT molecular complexity index is 3260. The van der Waals surface area contributed by atoms with Crippen LogP contribution in [-0.2, 0) is 21.7 Å². The van der Waals surface area contributed by atoms with Crippen LogP contribution in [-0.4, -0.2) is 19.6 Å². The van der Waals surface area contributed by atoms with Crippen molar-refractivity contribution in [3.63, 3.8) is 0 Å². The molecule has 0 bridgehead atoms. The van der Waals surface area contributed by atoms with Crippen LogP contribution in [0.25, 0.3) is 83.5 Å². The third-order valence-corrected chi connectivity index (χ3v) is 13.1. The minimum Gasteiger partial charge on any atom is -0.507 e. The van der Waals surface area contributed by atoms with Gasteiger partial charge in [0.2, 0.25) is 0 Å². The van der Waals surface area contributed by atoms with Gasteiger partial charge in [-0.1, -0.05) is 180 Å². The summed E-state index contributed by atoms with van der Waals surface area (Å²) in [6, 6.07) is 54.5. The Morgan fingerprint density at radius 3 is 1.65 bits per heavy atom. The fraction of sp³-hybridized carbons (Fsp3) is 0.258. The van der Waals surface area contributed by atoms with Crippen molar-refractivity contribution >= 4 is 21.8 Å². The fourth-order valence-electron chi connectivity index (χ4n) is 9.24. The molecule has 0 aliphatic rings. The smallest absolute Gasteiger partial charge is 0.125 e. The molecule has 0 aliphatic carbocycles. The first-order valence-electron chi connectivity index (χ1n) is 23.4. The molecule has 9 aromatic rings. The van der Waals surface area contributed by atoms with E-state index < -0.39 is 0 Å². The van der Waals surface area contributed by atoms with Crippen molar-refractivity contribution in [2.45, 2.75) is 105 Å². The monoisotopic (exact) mass is 865 g/mol. The summed E-state index contributed by atoms with van der Waals surface area (Å²) >= 11 is 0. The molecule has 0 unspecified atom stereocenters. The van der Waals surface area contributed by atoms with Gasteiger partial charge in [0.25, 0.3) is 0 Å². The topological polar surface area (TPSA) is 50.9 Å². The van der Waals surface area contributed by atoms with Crippen LogP contribution in [0.4, 0.5) is 0 Å². The van der Waals surface area contributed by atoms with Crippen LogP contribution in [0, 0.1) is 0 Å². The Morgan fingerprint density at radius 1 is 0.424 bits per heavy atom. The number of phenols is 1. The van der Waals surface area contributed by atoms with Crippen molar-refractivity contribution in [1.82, 2.24) is 14.5 Å². The normalized spacial score (nSPS) is 12.6. The summed E-state index contributed by atoms with van der Waals surface area (Å²) in [5, 5.41) is 14.6. The number of rotatable bonds is 6. The van der Waals surface area contributed by atoms with Crippen molar-refractivity contribution < 1.29 is 5.11 Å². The Balaban J connectivity index is 1.24. The largest absolute Gasteiger partial charge is 0.507 e. The summed E-state index contributed by atoms with van der Waals surface area (Å²) in [6.45, 7) is 26.9. The van der Waals surface area contributed by atoms with E-state index in [-0.39, 0.29) is 27.4 Å². The molecular formula is C62H63N3O. The second-order valence-corrected chi connectivity index (χ2v) is 22.2. The van der Waals surface area contributed by atoms with Gasteiger partial charge in [-0.3, -0.25) is 4.98 Å². The van der Waals surface area contributed by atoms with Crippen molar-refractivity contribution in [2.24, 2.45) is 0 Å². The maximum Gasteiger partial charge on any atom is 0.125 e. The molecule has 0 fully saturated rings. The molecule has 0 saturated carbocycles. The summed E-state index contributed by atoms with van der Waals surface area (Å²) < 4.78 is 2.39. The zero-order valence-electron chi connectivity index (χ0n) is 40.8. The minimum atomic E-state index is -0.270. The van der Waals surface area contributed by atoms with Gasteiger partial charge in [-0.15, -0.1) is 0 Å². The van der Waals surface area contributed by atoms with Crippen molar-refractivity contribution in [2.75, 3.05) is 0 Å². The van der Waals surface area contributed by atoms with E-state index >= 15 is 0 Å². The molecule has 332 valence electrons. The Kier molecular flexibility index (Phi) is 11.0. The van der Waals surface area contributed by atoms with Gasteiger partial charge in [0.15, 0.2) is 0 Å². The predicted octanol–water partition coefficient (Wildman–Crippen LogP) is 16.8. The van der Waals surface area contributed by atoms with E-state index in [0.717, 1.165) is 72.8 Å². The highest BCUT2D eigenvalue weighted by molar-refractivity contribution is 6.13. The van der Waals surface area contributed by atoms with E-state index in [9.17, 15) is 5.11 Å². The molecule has 1 N–H and O–H groups in total. The van der Waals surface area contributed by atoms with Crippen LogP contribution in [0.3, 0.4) is 0 Å². The van der Waals surface area contributed by atoms with Crippen molar-refractivity contribution in [3.05, 3.63) is 180 Å². The van der Waals surface area contributed by atoms with Crippen LogP contribution in [0.2, 0.25) is 0 Å². The van der Waals surface area contributed by atoms with Crippen molar-refractivity contribution in [1.29, 1.82) is 0 Å².